The number of fused-ring (bicyclic) bond motifs is 1. The SMILES string of the molecule is CC(CO)CCCNCc1cnc2ccccc2n1. The van der Waals surface area contributed by atoms with Crippen molar-refractivity contribution >= 4 is 11.0 Å². The molecule has 1 atom stereocenters. The molecule has 2 N–H and O–H groups in total. The van der Waals surface area contributed by atoms with Crippen LogP contribution in [0, 0.1) is 5.92 Å². The monoisotopic (exact) mass is 259 g/mol. The summed E-state index contributed by atoms with van der Waals surface area (Å²) in [6.07, 6.45) is 3.95. The van der Waals surface area contributed by atoms with Gasteiger partial charge in [0.15, 0.2) is 0 Å². The fraction of sp³-hybridized carbons (Fsp3) is 0.467. The van der Waals surface area contributed by atoms with E-state index in [4.69, 9.17) is 5.11 Å². The van der Waals surface area contributed by atoms with Crippen molar-refractivity contribution in [3.63, 3.8) is 0 Å². The van der Waals surface area contributed by atoms with Gasteiger partial charge in [0.1, 0.15) is 0 Å². The Hall–Kier alpha value is -1.52. The first kappa shape index (κ1) is 13.9. The van der Waals surface area contributed by atoms with E-state index in [1.807, 2.05) is 30.5 Å². The van der Waals surface area contributed by atoms with Crippen molar-refractivity contribution in [1.82, 2.24) is 15.3 Å². The first-order chi connectivity index (χ1) is 9.29. The van der Waals surface area contributed by atoms with Gasteiger partial charge in [-0.15, -0.1) is 0 Å². The van der Waals surface area contributed by atoms with Crippen LogP contribution in [0.15, 0.2) is 30.5 Å². The lowest BCUT2D eigenvalue weighted by Gasteiger charge is -2.08. The zero-order valence-corrected chi connectivity index (χ0v) is 11.3. The molecule has 0 bridgehead atoms. The largest absolute Gasteiger partial charge is 0.396 e. The van der Waals surface area contributed by atoms with E-state index >= 15 is 0 Å². The minimum Gasteiger partial charge on any atom is -0.396 e. The third-order valence-electron chi connectivity index (χ3n) is 3.17. The number of aliphatic hydroxyl groups excluding tert-OH is 1. The van der Waals surface area contributed by atoms with Gasteiger partial charge in [0.2, 0.25) is 0 Å². The Morgan fingerprint density at radius 1 is 1.26 bits per heavy atom. The highest BCUT2D eigenvalue weighted by Gasteiger charge is 2.01. The summed E-state index contributed by atoms with van der Waals surface area (Å²) >= 11 is 0. The van der Waals surface area contributed by atoms with Crippen molar-refractivity contribution in [1.29, 1.82) is 0 Å². The van der Waals surface area contributed by atoms with E-state index in [1.54, 1.807) is 0 Å². The Morgan fingerprint density at radius 3 is 2.84 bits per heavy atom. The molecule has 1 unspecified atom stereocenters. The maximum absolute atomic E-state index is 8.93. The molecule has 0 radical (unpaired) electrons. The molecule has 2 aromatic rings. The molecular formula is C15H21N3O. The Labute approximate surface area is 113 Å². The van der Waals surface area contributed by atoms with Crippen molar-refractivity contribution in [3.8, 4) is 0 Å². The van der Waals surface area contributed by atoms with E-state index in [0.29, 0.717) is 5.92 Å². The Kier molecular flexibility index (Phi) is 5.24. The number of hydrogen-bond donors (Lipinski definition) is 2. The van der Waals surface area contributed by atoms with Gasteiger partial charge in [-0.3, -0.25) is 4.98 Å². The molecule has 1 aromatic heterocycles. The molecule has 0 amide bonds. The summed E-state index contributed by atoms with van der Waals surface area (Å²) in [5.74, 6) is 0.391. The van der Waals surface area contributed by atoms with Crippen molar-refractivity contribution < 1.29 is 5.11 Å². The van der Waals surface area contributed by atoms with Crippen LogP contribution in [0.3, 0.4) is 0 Å². The summed E-state index contributed by atoms with van der Waals surface area (Å²) in [5.41, 5.74) is 2.84. The molecule has 2 rings (SSSR count). The van der Waals surface area contributed by atoms with E-state index in [1.165, 1.54) is 0 Å². The van der Waals surface area contributed by atoms with E-state index in [-0.39, 0.29) is 6.61 Å². The number of nitrogens with zero attached hydrogens (tertiary/aromatic N) is 2. The molecule has 0 aliphatic rings. The minimum atomic E-state index is 0.274. The molecule has 0 aliphatic carbocycles. The smallest absolute Gasteiger partial charge is 0.0890 e. The second-order valence-corrected chi connectivity index (χ2v) is 4.96. The Bertz CT molecular complexity index is 515. The maximum Gasteiger partial charge on any atom is 0.0890 e. The summed E-state index contributed by atoms with van der Waals surface area (Å²) in [6, 6.07) is 7.90. The molecule has 1 heterocycles. The Balaban J connectivity index is 1.78. The van der Waals surface area contributed by atoms with Crippen LogP contribution in [0.25, 0.3) is 11.0 Å². The molecule has 102 valence electrons. The Morgan fingerprint density at radius 2 is 2.05 bits per heavy atom. The molecule has 4 nitrogen and oxygen atoms in total. The molecule has 1 aromatic carbocycles. The van der Waals surface area contributed by atoms with Gasteiger partial charge in [-0.05, 0) is 37.4 Å². The van der Waals surface area contributed by atoms with Crippen molar-refractivity contribution in [2.24, 2.45) is 5.92 Å². The average molecular weight is 259 g/mol. The van der Waals surface area contributed by atoms with E-state index in [0.717, 1.165) is 42.7 Å². The van der Waals surface area contributed by atoms with Gasteiger partial charge in [-0.25, -0.2) is 4.98 Å². The zero-order chi connectivity index (χ0) is 13.5. The molecule has 0 saturated heterocycles. The van der Waals surface area contributed by atoms with Crippen molar-refractivity contribution in [3.05, 3.63) is 36.2 Å². The molecule has 0 spiro atoms. The number of aliphatic hydroxyl groups is 1. The molecule has 0 aliphatic heterocycles. The van der Waals surface area contributed by atoms with Gasteiger partial charge in [-0.2, -0.15) is 0 Å². The lowest BCUT2D eigenvalue weighted by atomic mass is 10.1. The number of nitrogens with one attached hydrogen (secondary N) is 1. The summed E-state index contributed by atoms with van der Waals surface area (Å²) in [7, 11) is 0. The lowest BCUT2D eigenvalue weighted by molar-refractivity contribution is 0.228. The standard InChI is InChI=1S/C15H21N3O/c1-12(11-19)5-4-8-16-9-13-10-17-14-6-2-3-7-15(14)18-13/h2-3,6-7,10,12,16,19H,4-5,8-9,11H2,1H3. The van der Waals surface area contributed by atoms with Crippen LogP contribution in [0.4, 0.5) is 0 Å². The van der Waals surface area contributed by atoms with Gasteiger partial charge >= 0.3 is 0 Å². The normalized spacial score (nSPS) is 12.7. The third-order valence-corrected chi connectivity index (χ3v) is 3.17. The summed E-state index contributed by atoms with van der Waals surface area (Å²) in [4.78, 5) is 8.95. The number of rotatable bonds is 7. The number of aromatic nitrogens is 2. The first-order valence-corrected chi connectivity index (χ1v) is 6.82. The van der Waals surface area contributed by atoms with Crippen LogP contribution in [0.5, 0.6) is 0 Å². The maximum atomic E-state index is 8.93. The predicted molar refractivity (Wildman–Crippen MR) is 76.7 cm³/mol. The molecule has 0 fully saturated rings. The fourth-order valence-electron chi connectivity index (χ4n) is 1.96. The summed E-state index contributed by atoms with van der Waals surface area (Å²) < 4.78 is 0. The van der Waals surface area contributed by atoms with Crippen molar-refractivity contribution in [2.75, 3.05) is 13.2 Å². The quantitative estimate of drug-likeness (QED) is 0.748. The minimum absolute atomic E-state index is 0.274. The second-order valence-electron chi connectivity index (χ2n) is 4.96. The molecule has 19 heavy (non-hydrogen) atoms. The highest BCUT2D eigenvalue weighted by Crippen LogP contribution is 2.08. The summed E-state index contributed by atoms with van der Waals surface area (Å²) in [6.45, 7) is 4.02. The van der Waals surface area contributed by atoms with E-state index in [9.17, 15) is 0 Å². The van der Waals surface area contributed by atoms with Gasteiger partial charge < -0.3 is 10.4 Å². The first-order valence-electron chi connectivity index (χ1n) is 6.82. The van der Waals surface area contributed by atoms with Gasteiger partial charge in [-0.1, -0.05) is 19.1 Å². The van der Waals surface area contributed by atoms with Crippen LogP contribution >= 0.6 is 0 Å². The number of benzene rings is 1. The van der Waals surface area contributed by atoms with Crippen LogP contribution in [-0.4, -0.2) is 28.2 Å². The van der Waals surface area contributed by atoms with Gasteiger partial charge in [0.25, 0.3) is 0 Å². The van der Waals surface area contributed by atoms with E-state index < -0.39 is 0 Å². The van der Waals surface area contributed by atoms with Crippen molar-refractivity contribution in [2.45, 2.75) is 26.3 Å². The zero-order valence-electron chi connectivity index (χ0n) is 11.3. The molecule has 4 heteroatoms. The summed E-state index contributed by atoms with van der Waals surface area (Å²) in [5, 5.41) is 12.3. The number of hydrogen-bond acceptors (Lipinski definition) is 4. The van der Waals surface area contributed by atoms with Crippen LogP contribution < -0.4 is 5.32 Å². The van der Waals surface area contributed by atoms with Crippen LogP contribution in [0.1, 0.15) is 25.5 Å². The van der Waals surface area contributed by atoms with Gasteiger partial charge in [0.05, 0.1) is 22.9 Å². The molecular weight excluding hydrogens is 238 g/mol. The number of para-hydroxylation sites is 2. The second kappa shape index (κ2) is 7.16. The lowest BCUT2D eigenvalue weighted by Crippen LogP contribution is -2.17. The van der Waals surface area contributed by atoms with Crippen LogP contribution in [-0.2, 0) is 6.54 Å². The van der Waals surface area contributed by atoms with Crippen LogP contribution in [0.2, 0.25) is 0 Å². The third kappa shape index (κ3) is 4.26. The van der Waals surface area contributed by atoms with E-state index in [2.05, 4.69) is 22.2 Å². The highest BCUT2D eigenvalue weighted by molar-refractivity contribution is 5.73. The highest BCUT2D eigenvalue weighted by atomic mass is 16.3. The predicted octanol–water partition coefficient (Wildman–Crippen LogP) is 2.13. The van der Waals surface area contributed by atoms with Gasteiger partial charge in [0, 0.05) is 13.2 Å². The average Bonchev–Trinajstić information content (AvgIpc) is 2.46. The topological polar surface area (TPSA) is 58.0 Å². The molecule has 0 saturated carbocycles. The fourth-order valence-corrected chi connectivity index (χ4v) is 1.96.